The lowest BCUT2D eigenvalue weighted by molar-refractivity contribution is -0.151. The summed E-state index contributed by atoms with van der Waals surface area (Å²) < 4.78 is 35.4. The predicted octanol–water partition coefficient (Wildman–Crippen LogP) is 8.62. The molecular weight excluding hydrogens is 762 g/mol. The lowest BCUT2D eigenvalue weighted by Gasteiger charge is -2.32. The van der Waals surface area contributed by atoms with Crippen molar-refractivity contribution in [2.75, 3.05) is 38.2 Å². The Morgan fingerprint density at radius 2 is 1.60 bits per heavy atom. The van der Waals surface area contributed by atoms with E-state index in [0.717, 1.165) is 39.2 Å². The molecule has 0 amide bonds. The van der Waals surface area contributed by atoms with Gasteiger partial charge in [0.05, 0.1) is 23.0 Å². The summed E-state index contributed by atoms with van der Waals surface area (Å²) in [5.74, 6) is 0.219. The number of rotatable bonds is 17. The van der Waals surface area contributed by atoms with Gasteiger partial charge < -0.3 is 19.1 Å². The molecule has 0 saturated heterocycles. The lowest BCUT2D eigenvalue weighted by Crippen LogP contribution is -2.34. The minimum absolute atomic E-state index is 0.0321. The number of ether oxygens (including phenoxy) is 3. The Morgan fingerprint density at radius 1 is 0.962 bits per heavy atom. The monoisotopic (exact) mass is 813 g/mol. The van der Waals surface area contributed by atoms with E-state index in [0.29, 0.717) is 69.5 Å². The summed E-state index contributed by atoms with van der Waals surface area (Å²) in [6, 6.07) is 7.75. The number of pyridine rings is 1. The van der Waals surface area contributed by atoms with Gasteiger partial charge in [0.15, 0.2) is 23.5 Å². The highest BCUT2D eigenvalue weighted by molar-refractivity contribution is 9.10. The Labute approximate surface area is 317 Å². The van der Waals surface area contributed by atoms with Gasteiger partial charge in [-0.15, -0.1) is 0 Å². The van der Waals surface area contributed by atoms with Crippen LogP contribution in [-0.4, -0.2) is 91.1 Å². The van der Waals surface area contributed by atoms with Crippen LogP contribution in [0.4, 0.5) is 10.2 Å². The van der Waals surface area contributed by atoms with E-state index in [9.17, 15) is 4.79 Å². The normalized spacial score (nSPS) is 17.3. The molecule has 52 heavy (non-hydrogen) atoms. The first-order chi connectivity index (χ1) is 24.8. The average Bonchev–Trinajstić information content (AvgIpc) is 3.54. The van der Waals surface area contributed by atoms with Gasteiger partial charge >= 0.3 is 5.97 Å². The number of halogens is 2. The molecule has 4 heterocycles. The second kappa shape index (κ2) is 17.8. The number of anilines is 1. The largest absolute Gasteiger partial charge is 0.464 e. The molecule has 1 aliphatic rings. The molecule has 15 heteroatoms. The number of aromatic nitrogens is 6. The van der Waals surface area contributed by atoms with Crippen molar-refractivity contribution in [1.82, 2.24) is 29.5 Å². The topological polar surface area (TPSA) is 117 Å². The molecule has 4 aromatic heterocycles. The van der Waals surface area contributed by atoms with Gasteiger partial charge in [-0.25, -0.2) is 24.1 Å². The van der Waals surface area contributed by atoms with Crippen molar-refractivity contribution in [2.24, 2.45) is 5.92 Å². The summed E-state index contributed by atoms with van der Waals surface area (Å²) in [4.78, 5) is 32.9. The third-order valence-corrected chi connectivity index (χ3v) is 13.5. The molecule has 0 aromatic carbocycles. The fraction of sp³-hybridized carbons (Fsp3) is 0.568. The third-order valence-electron chi connectivity index (χ3n) is 9.33. The van der Waals surface area contributed by atoms with Crippen LogP contribution in [-0.2, 0) is 19.0 Å². The first-order valence-electron chi connectivity index (χ1n) is 18.3. The number of alkyl halides is 1. The van der Waals surface area contributed by atoms with E-state index in [4.69, 9.17) is 24.3 Å². The summed E-state index contributed by atoms with van der Waals surface area (Å²) in [6.07, 6.45) is 7.86. The van der Waals surface area contributed by atoms with Crippen LogP contribution in [0.5, 0.6) is 0 Å². The van der Waals surface area contributed by atoms with E-state index < -0.39 is 28.3 Å². The lowest BCUT2D eigenvalue weighted by atomic mass is 9.78. The van der Waals surface area contributed by atoms with Crippen LogP contribution in [0.25, 0.3) is 28.3 Å². The molecule has 5 rings (SSSR count). The maximum absolute atomic E-state index is 15.1. The number of carbonyl (C=O) groups excluding carboxylic acids is 1. The molecule has 1 atom stereocenters. The number of nitrogens with zero attached hydrogens (tertiary/aromatic N) is 7. The van der Waals surface area contributed by atoms with Gasteiger partial charge in [-0.1, -0.05) is 45.3 Å². The van der Waals surface area contributed by atoms with Gasteiger partial charge in [0.2, 0.25) is 0 Å². The molecule has 4 aromatic rings. The van der Waals surface area contributed by atoms with Crippen LogP contribution < -0.4 is 4.90 Å². The van der Waals surface area contributed by atoms with Crippen LogP contribution in [0, 0.1) is 5.92 Å². The highest BCUT2D eigenvalue weighted by Gasteiger charge is 2.36. The number of carbonyl (C=O) groups is 1. The van der Waals surface area contributed by atoms with Gasteiger partial charge in [0.25, 0.3) is 0 Å². The highest BCUT2D eigenvalue weighted by atomic mass is 79.9. The molecule has 1 fully saturated rings. The summed E-state index contributed by atoms with van der Waals surface area (Å²) in [6.45, 7) is 17.9. The molecule has 0 radical (unpaired) electrons. The maximum Gasteiger partial charge on any atom is 0.341 e. The van der Waals surface area contributed by atoms with E-state index in [-0.39, 0.29) is 18.4 Å². The smallest absolute Gasteiger partial charge is 0.341 e. The van der Waals surface area contributed by atoms with Crippen molar-refractivity contribution >= 4 is 49.5 Å². The maximum atomic E-state index is 15.1. The SMILES string of the molecule is CCOC(=O)C(F)C1CCC(c2nc3c(-c4ccc(-c5ncccn5)nc4)cnn3c(N(COCC[Si](C)(C)C)COCC[Si](C)(C)C)c2Br)CC1. The Bertz CT molecular complexity index is 1740. The minimum Gasteiger partial charge on any atom is -0.464 e. The summed E-state index contributed by atoms with van der Waals surface area (Å²) in [5.41, 5.74) is 3.88. The second-order valence-electron chi connectivity index (χ2n) is 15.9. The molecule has 0 spiro atoms. The number of hydrogen-bond acceptors (Lipinski definition) is 10. The Hall–Kier alpha value is -3.12. The first kappa shape index (κ1) is 40.1. The number of hydrogen-bond donors (Lipinski definition) is 0. The molecule has 11 nitrogen and oxygen atoms in total. The Morgan fingerprint density at radius 3 is 2.15 bits per heavy atom. The molecule has 0 aliphatic heterocycles. The zero-order valence-electron chi connectivity index (χ0n) is 31.6. The van der Waals surface area contributed by atoms with Gasteiger partial charge in [-0.2, -0.15) is 9.61 Å². The Kier molecular flexibility index (Phi) is 13.7. The first-order valence-corrected chi connectivity index (χ1v) is 26.5. The Balaban J connectivity index is 1.53. The fourth-order valence-electron chi connectivity index (χ4n) is 6.20. The van der Waals surface area contributed by atoms with E-state index in [1.54, 1.807) is 31.6 Å². The molecule has 0 N–H and O–H groups in total. The molecule has 0 bridgehead atoms. The van der Waals surface area contributed by atoms with Gasteiger partial charge in [0, 0.05) is 70.9 Å². The standard InChI is InChI=1S/C37H53BrFN7O4Si2/c1-8-50-37(47)32(39)26-10-12-27(13-11-26)33-31(38)36(45(24-48-18-20-51(2,3)4)25-49-19-21-52(5,6)7)46-35(44-33)29(23-43-46)28-14-15-30(42-22-28)34-40-16-9-17-41-34/h9,14-17,22-23,26-27,32H,8,10-13,18-21,24-25H2,1-7H3. The molecular formula is C37H53BrFN7O4Si2. The van der Waals surface area contributed by atoms with E-state index >= 15 is 4.39 Å². The molecule has 1 unspecified atom stereocenters. The second-order valence-corrected chi connectivity index (χ2v) is 28.0. The van der Waals surface area contributed by atoms with Crippen LogP contribution in [0.1, 0.15) is 44.2 Å². The molecule has 282 valence electrons. The number of fused-ring (bicyclic) bond motifs is 1. The van der Waals surface area contributed by atoms with Crippen molar-refractivity contribution in [1.29, 1.82) is 0 Å². The van der Waals surface area contributed by atoms with Gasteiger partial charge in [-0.3, -0.25) is 4.98 Å². The fourth-order valence-corrected chi connectivity index (χ4v) is 8.55. The van der Waals surface area contributed by atoms with E-state index in [2.05, 4.69) is 75.1 Å². The third kappa shape index (κ3) is 10.5. The summed E-state index contributed by atoms with van der Waals surface area (Å²) in [5, 5.41) is 4.88. The molecule has 1 saturated carbocycles. The van der Waals surface area contributed by atoms with Crippen molar-refractivity contribution in [2.45, 2.75) is 96.1 Å². The van der Waals surface area contributed by atoms with E-state index in [1.165, 1.54) is 0 Å². The van der Waals surface area contributed by atoms with Crippen molar-refractivity contribution in [3.05, 3.63) is 53.2 Å². The quantitative estimate of drug-likeness (QED) is 0.0444. The molecule has 1 aliphatic carbocycles. The zero-order valence-corrected chi connectivity index (χ0v) is 35.2. The number of esters is 1. The predicted molar refractivity (Wildman–Crippen MR) is 212 cm³/mol. The van der Waals surface area contributed by atoms with Gasteiger partial charge in [-0.05, 0) is 72.8 Å². The van der Waals surface area contributed by atoms with Crippen molar-refractivity contribution < 1.29 is 23.4 Å². The van der Waals surface area contributed by atoms with Crippen molar-refractivity contribution in [3.8, 4) is 22.6 Å². The van der Waals surface area contributed by atoms with Crippen molar-refractivity contribution in [3.63, 3.8) is 0 Å². The van der Waals surface area contributed by atoms with Crippen LogP contribution in [0.2, 0.25) is 51.4 Å². The minimum atomic E-state index is -1.62. The van der Waals surface area contributed by atoms with Crippen LogP contribution >= 0.6 is 15.9 Å². The van der Waals surface area contributed by atoms with E-state index in [1.807, 2.05) is 22.8 Å². The average molecular weight is 815 g/mol. The summed E-state index contributed by atoms with van der Waals surface area (Å²) in [7, 11) is -2.62. The van der Waals surface area contributed by atoms with Gasteiger partial charge in [0.1, 0.15) is 19.2 Å². The highest BCUT2D eigenvalue weighted by Crippen LogP contribution is 2.43. The summed E-state index contributed by atoms with van der Waals surface area (Å²) >= 11 is 3.97. The zero-order chi connectivity index (χ0) is 37.5. The van der Waals surface area contributed by atoms with Crippen LogP contribution in [0.3, 0.4) is 0 Å². The van der Waals surface area contributed by atoms with Crippen LogP contribution in [0.15, 0.2) is 47.5 Å².